The Morgan fingerprint density at radius 3 is 2.30 bits per heavy atom. The molecule has 0 heterocycles. The Labute approximate surface area is 164 Å². The van der Waals surface area contributed by atoms with Crippen LogP contribution in [0.15, 0.2) is 24.3 Å². The second-order valence-electron chi connectivity index (χ2n) is 8.71. The number of benzene rings is 1. The Morgan fingerprint density at radius 1 is 1.11 bits per heavy atom. The Hall–Kier alpha value is -1.84. The predicted molar refractivity (Wildman–Crippen MR) is 109 cm³/mol. The topological polar surface area (TPSA) is 46.6 Å². The van der Waals surface area contributed by atoms with E-state index in [2.05, 4.69) is 27.7 Å². The fourth-order valence-electron chi connectivity index (χ4n) is 3.90. The lowest BCUT2D eigenvalue weighted by Gasteiger charge is -2.38. The number of hydrogen-bond donors (Lipinski definition) is 0. The number of amides is 1. The maximum absolute atomic E-state index is 13.3. The smallest absolute Gasteiger partial charge is 0.307 e. The molecule has 150 valence electrons. The molecular weight excluding hydrogens is 338 g/mol. The average molecular weight is 374 g/mol. The van der Waals surface area contributed by atoms with E-state index in [9.17, 15) is 9.59 Å². The first-order valence-electron chi connectivity index (χ1n) is 10.3. The van der Waals surface area contributed by atoms with Crippen LogP contribution >= 0.6 is 0 Å². The van der Waals surface area contributed by atoms with Gasteiger partial charge in [-0.2, -0.15) is 0 Å². The van der Waals surface area contributed by atoms with Gasteiger partial charge < -0.3 is 9.64 Å². The van der Waals surface area contributed by atoms with E-state index in [1.54, 1.807) is 6.92 Å². The predicted octanol–water partition coefficient (Wildman–Crippen LogP) is 4.96. The highest BCUT2D eigenvalue weighted by Gasteiger charge is 2.31. The van der Waals surface area contributed by atoms with Crippen LogP contribution in [0.5, 0.6) is 0 Å². The van der Waals surface area contributed by atoms with Crippen molar-refractivity contribution in [2.24, 2.45) is 5.92 Å². The average Bonchev–Trinajstić information content (AvgIpc) is 2.62. The summed E-state index contributed by atoms with van der Waals surface area (Å²) < 4.78 is 5.07. The summed E-state index contributed by atoms with van der Waals surface area (Å²) >= 11 is 0. The largest absolute Gasteiger partial charge is 0.466 e. The Balaban J connectivity index is 2.20. The summed E-state index contributed by atoms with van der Waals surface area (Å²) in [5.74, 6) is 0.249. The zero-order chi connectivity index (χ0) is 20.0. The van der Waals surface area contributed by atoms with Crippen molar-refractivity contribution in [2.75, 3.05) is 13.2 Å². The fourth-order valence-corrected chi connectivity index (χ4v) is 3.90. The SMILES string of the molecule is CCOC(=O)CCN(C(=O)c1ccc(C(C)(C)C)cc1)C1CCCCC1C. The van der Waals surface area contributed by atoms with Gasteiger partial charge in [-0.05, 0) is 48.8 Å². The summed E-state index contributed by atoms with van der Waals surface area (Å²) in [6.07, 6.45) is 4.76. The van der Waals surface area contributed by atoms with E-state index in [4.69, 9.17) is 4.74 Å². The molecule has 4 nitrogen and oxygen atoms in total. The molecule has 0 spiro atoms. The first-order valence-corrected chi connectivity index (χ1v) is 10.3. The van der Waals surface area contributed by atoms with E-state index in [1.807, 2.05) is 29.2 Å². The van der Waals surface area contributed by atoms with Gasteiger partial charge in [-0.25, -0.2) is 0 Å². The van der Waals surface area contributed by atoms with Crippen molar-refractivity contribution in [3.8, 4) is 0 Å². The van der Waals surface area contributed by atoms with E-state index < -0.39 is 0 Å². The zero-order valence-corrected chi connectivity index (χ0v) is 17.6. The summed E-state index contributed by atoms with van der Waals surface area (Å²) in [7, 11) is 0. The summed E-state index contributed by atoms with van der Waals surface area (Å²) in [4.78, 5) is 27.1. The second-order valence-corrected chi connectivity index (χ2v) is 8.71. The molecule has 1 aliphatic rings. The lowest BCUT2D eigenvalue weighted by molar-refractivity contribution is -0.143. The molecule has 1 aromatic rings. The minimum atomic E-state index is -0.234. The Bertz CT molecular complexity index is 630. The van der Waals surface area contributed by atoms with Crippen molar-refractivity contribution in [2.45, 2.75) is 78.2 Å². The Morgan fingerprint density at radius 2 is 1.74 bits per heavy atom. The van der Waals surface area contributed by atoms with Crippen molar-refractivity contribution in [3.63, 3.8) is 0 Å². The standard InChI is InChI=1S/C23H35NO3/c1-6-27-21(25)15-16-24(20-10-8-7-9-17(20)2)22(26)18-11-13-19(14-12-18)23(3,4)5/h11-14,17,20H,6-10,15-16H2,1-5H3. The van der Waals surface area contributed by atoms with Gasteiger partial charge in [0.1, 0.15) is 0 Å². The van der Waals surface area contributed by atoms with Crippen LogP contribution in [0.2, 0.25) is 0 Å². The van der Waals surface area contributed by atoms with E-state index >= 15 is 0 Å². The summed E-state index contributed by atoms with van der Waals surface area (Å²) in [5.41, 5.74) is 1.97. The van der Waals surface area contributed by atoms with Crippen LogP contribution in [0.25, 0.3) is 0 Å². The molecule has 0 aliphatic heterocycles. The van der Waals surface area contributed by atoms with Crippen LogP contribution in [0.4, 0.5) is 0 Å². The molecule has 1 aliphatic carbocycles. The zero-order valence-electron chi connectivity index (χ0n) is 17.6. The molecule has 0 radical (unpaired) electrons. The van der Waals surface area contributed by atoms with E-state index in [0.29, 0.717) is 24.6 Å². The van der Waals surface area contributed by atoms with Gasteiger partial charge in [-0.15, -0.1) is 0 Å². The molecule has 0 bridgehead atoms. The van der Waals surface area contributed by atoms with E-state index in [-0.39, 0.29) is 29.8 Å². The highest BCUT2D eigenvalue weighted by Crippen LogP contribution is 2.30. The number of esters is 1. The second kappa shape index (κ2) is 9.38. The first-order chi connectivity index (χ1) is 12.7. The monoisotopic (exact) mass is 373 g/mol. The van der Waals surface area contributed by atoms with Crippen LogP contribution in [0, 0.1) is 5.92 Å². The maximum atomic E-state index is 13.3. The van der Waals surface area contributed by atoms with Gasteiger partial charge in [0.2, 0.25) is 0 Å². The quantitative estimate of drug-likeness (QED) is 0.662. The van der Waals surface area contributed by atoms with Crippen LogP contribution < -0.4 is 0 Å². The third-order valence-corrected chi connectivity index (χ3v) is 5.59. The molecule has 0 aromatic heterocycles. The molecule has 4 heteroatoms. The number of nitrogens with zero attached hydrogens (tertiary/aromatic N) is 1. The van der Waals surface area contributed by atoms with E-state index in [0.717, 1.165) is 19.3 Å². The third kappa shape index (κ3) is 5.82. The number of carbonyl (C=O) groups excluding carboxylic acids is 2. The fraction of sp³-hybridized carbons (Fsp3) is 0.652. The molecular formula is C23H35NO3. The normalized spacial score (nSPS) is 20.2. The molecule has 2 unspecified atom stereocenters. The van der Waals surface area contributed by atoms with E-state index in [1.165, 1.54) is 12.0 Å². The van der Waals surface area contributed by atoms with Gasteiger partial charge in [-0.1, -0.05) is 52.7 Å². The molecule has 1 fully saturated rings. The minimum Gasteiger partial charge on any atom is -0.466 e. The highest BCUT2D eigenvalue weighted by molar-refractivity contribution is 5.94. The number of rotatable bonds is 6. The summed E-state index contributed by atoms with van der Waals surface area (Å²) in [6, 6.07) is 8.13. The maximum Gasteiger partial charge on any atom is 0.307 e. The molecule has 2 rings (SSSR count). The molecule has 1 amide bonds. The number of carbonyl (C=O) groups is 2. The van der Waals surface area contributed by atoms with Gasteiger partial charge >= 0.3 is 5.97 Å². The third-order valence-electron chi connectivity index (χ3n) is 5.59. The Kier molecular flexibility index (Phi) is 7.46. The van der Waals surface area contributed by atoms with Crippen LogP contribution in [0.3, 0.4) is 0 Å². The van der Waals surface area contributed by atoms with Gasteiger partial charge in [0, 0.05) is 18.2 Å². The van der Waals surface area contributed by atoms with Gasteiger partial charge in [0.05, 0.1) is 13.0 Å². The molecule has 2 atom stereocenters. The van der Waals surface area contributed by atoms with Crippen molar-refractivity contribution >= 4 is 11.9 Å². The minimum absolute atomic E-state index is 0.0264. The van der Waals surface area contributed by atoms with Crippen molar-refractivity contribution < 1.29 is 14.3 Å². The lowest BCUT2D eigenvalue weighted by Crippen LogP contribution is -2.46. The highest BCUT2D eigenvalue weighted by atomic mass is 16.5. The molecule has 0 saturated heterocycles. The van der Waals surface area contributed by atoms with Gasteiger partial charge in [0.15, 0.2) is 0 Å². The first kappa shape index (κ1) is 21.5. The summed E-state index contributed by atoms with van der Waals surface area (Å²) in [5, 5.41) is 0. The van der Waals surface area contributed by atoms with Crippen LogP contribution in [0.1, 0.15) is 82.6 Å². The van der Waals surface area contributed by atoms with Gasteiger partial charge in [-0.3, -0.25) is 9.59 Å². The molecule has 27 heavy (non-hydrogen) atoms. The van der Waals surface area contributed by atoms with Crippen LogP contribution in [-0.4, -0.2) is 36.0 Å². The van der Waals surface area contributed by atoms with Crippen molar-refractivity contribution in [3.05, 3.63) is 35.4 Å². The molecule has 1 saturated carbocycles. The van der Waals surface area contributed by atoms with Crippen molar-refractivity contribution in [1.82, 2.24) is 4.90 Å². The lowest BCUT2D eigenvalue weighted by atomic mass is 9.84. The van der Waals surface area contributed by atoms with Crippen LogP contribution in [-0.2, 0) is 14.9 Å². The molecule has 1 aromatic carbocycles. The molecule has 0 N–H and O–H groups in total. The van der Waals surface area contributed by atoms with Crippen molar-refractivity contribution in [1.29, 1.82) is 0 Å². The number of ether oxygens (including phenoxy) is 1. The number of hydrogen-bond acceptors (Lipinski definition) is 3. The summed E-state index contributed by atoms with van der Waals surface area (Å²) in [6.45, 7) is 11.3. The van der Waals surface area contributed by atoms with Gasteiger partial charge in [0.25, 0.3) is 5.91 Å².